The van der Waals surface area contributed by atoms with Crippen LogP contribution in [-0.4, -0.2) is 19.7 Å². The standard InChI is InChI=1S/C11H11N7O2/c1-17-10(13)8(6-16-17)5-15-11-9(18(19)20)2-7(3-12)4-14-11/h2,4,6H,5,13H2,1H3,(H,14,15). The summed E-state index contributed by atoms with van der Waals surface area (Å²) in [4.78, 5) is 14.2. The minimum absolute atomic E-state index is 0.0808. The highest BCUT2D eigenvalue weighted by atomic mass is 16.6. The van der Waals surface area contributed by atoms with Crippen LogP contribution in [0.15, 0.2) is 18.5 Å². The SMILES string of the molecule is Cn1ncc(CNc2ncc(C#N)cc2[N+](=O)[O-])c1N. The molecule has 2 rings (SSSR count). The van der Waals surface area contributed by atoms with E-state index in [0.29, 0.717) is 11.4 Å². The van der Waals surface area contributed by atoms with Gasteiger partial charge < -0.3 is 11.1 Å². The van der Waals surface area contributed by atoms with Gasteiger partial charge in [-0.15, -0.1) is 0 Å². The second-order valence-electron chi connectivity index (χ2n) is 3.99. The summed E-state index contributed by atoms with van der Waals surface area (Å²) in [7, 11) is 1.70. The third-order valence-corrected chi connectivity index (χ3v) is 2.70. The van der Waals surface area contributed by atoms with Gasteiger partial charge in [-0.1, -0.05) is 0 Å². The smallest absolute Gasteiger partial charge is 0.312 e. The molecule has 3 N–H and O–H groups in total. The van der Waals surface area contributed by atoms with Crippen LogP contribution in [0.5, 0.6) is 0 Å². The van der Waals surface area contributed by atoms with Crippen LogP contribution in [0.2, 0.25) is 0 Å². The molecule has 9 heteroatoms. The van der Waals surface area contributed by atoms with Crippen LogP contribution in [0, 0.1) is 21.4 Å². The molecule has 0 amide bonds. The van der Waals surface area contributed by atoms with E-state index in [4.69, 9.17) is 11.0 Å². The number of pyridine rings is 1. The lowest BCUT2D eigenvalue weighted by Gasteiger charge is -2.05. The molecule has 2 aromatic heterocycles. The van der Waals surface area contributed by atoms with Crippen LogP contribution < -0.4 is 11.1 Å². The van der Waals surface area contributed by atoms with Gasteiger partial charge in [-0.25, -0.2) is 4.98 Å². The van der Waals surface area contributed by atoms with E-state index in [-0.39, 0.29) is 23.6 Å². The molecule has 0 spiro atoms. The van der Waals surface area contributed by atoms with E-state index < -0.39 is 4.92 Å². The van der Waals surface area contributed by atoms with Gasteiger partial charge in [0.2, 0.25) is 5.82 Å². The topological polar surface area (TPSA) is 136 Å². The van der Waals surface area contributed by atoms with Crippen molar-refractivity contribution in [3.05, 3.63) is 39.7 Å². The quantitative estimate of drug-likeness (QED) is 0.620. The highest BCUT2D eigenvalue weighted by Crippen LogP contribution is 2.23. The number of hydrogen-bond donors (Lipinski definition) is 2. The van der Waals surface area contributed by atoms with Crippen molar-refractivity contribution in [3.63, 3.8) is 0 Å². The maximum Gasteiger partial charge on any atom is 0.312 e. The molecule has 0 aromatic carbocycles. The van der Waals surface area contributed by atoms with E-state index >= 15 is 0 Å². The fraction of sp³-hybridized carbons (Fsp3) is 0.182. The first-order valence-electron chi connectivity index (χ1n) is 5.57. The van der Waals surface area contributed by atoms with E-state index in [1.807, 2.05) is 6.07 Å². The molecule has 2 aromatic rings. The normalized spacial score (nSPS) is 10.0. The van der Waals surface area contributed by atoms with E-state index in [2.05, 4.69) is 15.4 Å². The second-order valence-corrected chi connectivity index (χ2v) is 3.99. The maximum absolute atomic E-state index is 10.9. The van der Waals surface area contributed by atoms with Gasteiger partial charge in [0.15, 0.2) is 0 Å². The van der Waals surface area contributed by atoms with E-state index in [1.165, 1.54) is 16.9 Å². The van der Waals surface area contributed by atoms with Gasteiger partial charge in [-0.05, 0) is 0 Å². The summed E-state index contributed by atoms with van der Waals surface area (Å²) in [5.41, 5.74) is 6.35. The third-order valence-electron chi connectivity index (χ3n) is 2.70. The van der Waals surface area contributed by atoms with Crippen molar-refractivity contribution < 1.29 is 4.92 Å². The number of hydrogen-bond acceptors (Lipinski definition) is 7. The molecule has 0 unspecified atom stereocenters. The van der Waals surface area contributed by atoms with Crippen molar-refractivity contribution in [2.24, 2.45) is 7.05 Å². The number of rotatable bonds is 4. The van der Waals surface area contributed by atoms with Gasteiger partial charge in [0.1, 0.15) is 11.9 Å². The molecule has 0 fully saturated rings. The van der Waals surface area contributed by atoms with Crippen LogP contribution in [0.25, 0.3) is 0 Å². The molecular formula is C11H11N7O2. The molecule has 0 aliphatic heterocycles. The van der Waals surface area contributed by atoms with Crippen LogP contribution >= 0.6 is 0 Å². The first-order valence-corrected chi connectivity index (χ1v) is 5.57. The Labute approximate surface area is 113 Å². The number of nitro groups is 1. The predicted octanol–water partition coefficient (Wildman–Crippen LogP) is 0.789. The highest BCUT2D eigenvalue weighted by Gasteiger charge is 2.17. The molecule has 0 saturated heterocycles. The van der Waals surface area contributed by atoms with Crippen LogP contribution in [0.4, 0.5) is 17.3 Å². The molecule has 0 saturated carbocycles. The number of nitrogens with zero attached hydrogens (tertiary/aromatic N) is 5. The van der Waals surface area contributed by atoms with E-state index in [1.54, 1.807) is 13.2 Å². The number of anilines is 2. The minimum atomic E-state index is -0.594. The Kier molecular flexibility index (Phi) is 3.47. The minimum Gasteiger partial charge on any atom is -0.384 e. The molecule has 0 aliphatic carbocycles. The van der Waals surface area contributed by atoms with Crippen LogP contribution in [0.1, 0.15) is 11.1 Å². The summed E-state index contributed by atoms with van der Waals surface area (Å²) in [5, 5.41) is 26.5. The molecule has 0 aliphatic rings. The number of nitrogens with one attached hydrogen (secondary N) is 1. The number of aryl methyl sites for hydroxylation is 1. The van der Waals surface area contributed by atoms with Gasteiger partial charge in [0.25, 0.3) is 0 Å². The summed E-state index contributed by atoms with van der Waals surface area (Å²) in [6, 6.07) is 2.98. The zero-order chi connectivity index (χ0) is 14.7. The van der Waals surface area contributed by atoms with Crippen molar-refractivity contribution in [3.8, 4) is 6.07 Å². The summed E-state index contributed by atoms with van der Waals surface area (Å²) < 4.78 is 1.50. The molecule has 102 valence electrons. The zero-order valence-electron chi connectivity index (χ0n) is 10.6. The van der Waals surface area contributed by atoms with Gasteiger partial charge in [0, 0.05) is 31.4 Å². The fourth-order valence-corrected chi connectivity index (χ4v) is 1.60. The summed E-state index contributed by atoms with van der Waals surface area (Å²) >= 11 is 0. The van der Waals surface area contributed by atoms with Crippen LogP contribution in [0.3, 0.4) is 0 Å². The lowest BCUT2D eigenvalue weighted by molar-refractivity contribution is -0.384. The Morgan fingerprint density at radius 3 is 2.90 bits per heavy atom. The van der Waals surface area contributed by atoms with Gasteiger partial charge >= 0.3 is 5.69 Å². The maximum atomic E-state index is 10.9. The van der Waals surface area contributed by atoms with Crippen molar-refractivity contribution >= 4 is 17.3 Å². The van der Waals surface area contributed by atoms with Gasteiger partial charge in [-0.3, -0.25) is 14.8 Å². The fourth-order valence-electron chi connectivity index (χ4n) is 1.60. The molecule has 20 heavy (non-hydrogen) atoms. The Morgan fingerprint density at radius 2 is 2.35 bits per heavy atom. The highest BCUT2D eigenvalue weighted by molar-refractivity contribution is 5.58. The number of aromatic nitrogens is 3. The summed E-state index contributed by atoms with van der Waals surface area (Å²) in [6.45, 7) is 0.249. The Bertz CT molecular complexity index is 701. The number of nitriles is 1. The lowest BCUT2D eigenvalue weighted by atomic mass is 10.2. The van der Waals surface area contributed by atoms with Crippen LogP contribution in [-0.2, 0) is 13.6 Å². The van der Waals surface area contributed by atoms with Crippen molar-refractivity contribution in [2.45, 2.75) is 6.54 Å². The molecule has 0 bridgehead atoms. The number of nitrogen functional groups attached to an aromatic ring is 1. The first-order chi connectivity index (χ1) is 9.52. The molecule has 0 radical (unpaired) electrons. The van der Waals surface area contributed by atoms with Crippen molar-refractivity contribution in [1.82, 2.24) is 14.8 Å². The number of nitrogens with two attached hydrogens (primary N) is 1. The Balaban J connectivity index is 2.23. The molecular weight excluding hydrogens is 262 g/mol. The molecule has 9 nitrogen and oxygen atoms in total. The molecule has 0 atom stereocenters. The van der Waals surface area contributed by atoms with Gasteiger partial charge in [0.05, 0.1) is 16.7 Å². The lowest BCUT2D eigenvalue weighted by Crippen LogP contribution is -2.07. The predicted molar refractivity (Wildman–Crippen MR) is 70.6 cm³/mol. The van der Waals surface area contributed by atoms with Crippen molar-refractivity contribution in [1.29, 1.82) is 5.26 Å². The summed E-state index contributed by atoms with van der Waals surface area (Å²) in [6.07, 6.45) is 2.83. The summed E-state index contributed by atoms with van der Waals surface area (Å²) in [5.74, 6) is 0.547. The first kappa shape index (κ1) is 13.3. The zero-order valence-corrected chi connectivity index (χ0v) is 10.6. The largest absolute Gasteiger partial charge is 0.384 e. The Morgan fingerprint density at radius 1 is 1.60 bits per heavy atom. The van der Waals surface area contributed by atoms with Gasteiger partial charge in [-0.2, -0.15) is 10.4 Å². The molecule has 2 heterocycles. The van der Waals surface area contributed by atoms with E-state index in [0.717, 1.165) is 0 Å². The second kappa shape index (κ2) is 5.23. The average molecular weight is 273 g/mol. The van der Waals surface area contributed by atoms with Crippen molar-refractivity contribution in [2.75, 3.05) is 11.1 Å². The third kappa shape index (κ3) is 2.49. The average Bonchev–Trinajstić information content (AvgIpc) is 2.76. The van der Waals surface area contributed by atoms with E-state index in [9.17, 15) is 10.1 Å². The Hall–Kier alpha value is -3.15. The monoisotopic (exact) mass is 273 g/mol.